The molecule has 1 atom stereocenters. The number of fused-ring (bicyclic) bond motifs is 1. The van der Waals surface area contributed by atoms with Crippen molar-refractivity contribution in [2.75, 3.05) is 51.3 Å². The van der Waals surface area contributed by atoms with Crippen LogP contribution in [0.3, 0.4) is 0 Å². The van der Waals surface area contributed by atoms with Gasteiger partial charge in [0.15, 0.2) is 0 Å². The maximum absolute atomic E-state index is 12.9. The van der Waals surface area contributed by atoms with Crippen molar-refractivity contribution in [3.05, 3.63) is 65.2 Å². The number of ether oxygens (including phenoxy) is 2. The van der Waals surface area contributed by atoms with Crippen molar-refractivity contribution < 1.29 is 19.1 Å². The third-order valence-corrected chi connectivity index (χ3v) is 7.05. The molecule has 188 valence electrons. The molecular weight excluding hydrogens is 442 g/mol. The van der Waals surface area contributed by atoms with E-state index in [0.29, 0.717) is 13.0 Å². The molecule has 0 aromatic heterocycles. The summed E-state index contributed by atoms with van der Waals surface area (Å²) in [5, 5.41) is 0. The molecule has 0 saturated carbocycles. The average Bonchev–Trinajstić information content (AvgIpc) is 2.90. The van der Waals surface area contributed by atoms with Crippen molar-refractivity contribution in [3.63, 3.8) is 0 Å². The van der Waals surface area contributed by atoms with E-state index in [-0.39, 0.29) is 24.7 Å². The fourth-order valence-electron chi connectivity index (χ4n) is 5.02. The van der Waals surface area contributed by atoms with Crippen LogP contribution in [0.1, 0.15) is 48.9 Å². The molecule has 35 heavy (non-hydrogen) atoms. The first-order chi connectivity index (χ1) is 17.0. The Hall–Kier alpha value is -3.06. The van der Waals surface area contributed by atoms with Crippen LogP contribution in [0.2, 0.25) is 0 Å². The van der Waals surface area contributed by atoms with Crippen molar-refractivity contribution >= 4 is 17.7 Å². The Morgan fingerprint density at radius 2 is 1.80 bits per heavy atom. The van der Waals surface area contributed by atoms with Crippen molar-refractivity contribution in [1.29, 1.82) is 0 Å². The monoisotopic (exact) mass is 479 g/mol. The number of carbonyl (C=O) groups is 2. The first-order valence-electron chi connectivity index (χ1n) is 12.7. The van der Waals surface area contributed by atoms with Crippen molar-refractivity contribution in [1.82, 2.24) is 9.80 Å². The number of amides is 1. The Kier molecular flexibility index (Phi) is 8.64. The second kappa shape index (κ2) is 12.1. The van der Waals surface area contributed by atoms with E-state index < -0.39 is 0 Å². The summed E-state index contributed by atoms with van der Waals surface area (Å²) in [4.78, 5) is 31.0. The second-order valence-corrected chi connectivity index (χ2v) is 9.33. The highest BCUT2D eigenvalue weighted by Crippen LogP contribution is 2.36. The summed E-state index contributed by atoms with van der Waals surface area (Å²) in [5.41, 5.74) is 4.74. The number of hydrogen-bond acceptors (Lipinski definition) is 6. The molecule has 1 heterocycles. The smallest absolute Gasteiger partial charge is 0.410 e. The van der Waals surface area contributed by atoms with E-state index in [1.807, 2.05) is 44.3 Å². The van der Waals surface area contributed by atoms with Crippen LogP contribution in [0.25, 0.3) is 0 Å². The number of hydrogen-bond donors (Lipinski definition) is 0. The van der Waals surface area contributed by atoms with Gasteiger partial charge in [-0.2, -0.15) is 0 Å². The Morgan fingerprint density at radius 3 is 2.54 bits per heavy atom. The molecule has 1 amide bonds. The SMILES string of the molecule is CCOC(=O)CCN1CCN(c2ccc3c(c2)C(N(C)C(=O)OCc2ccccc2)CCC3)CC1. The van der Waals surface area contributed by atoms with Crippen molar-refractivity contribution in [3.8, 4) is 0 Å². The number of rotatable bonds is 8. The molecule has 4 rings (SSSR count). The number of nitrogens with zero attached hydrogens (tertiary/aromatic N) is 3. The Bertz CT molecular complexity index is 989. The second-order valence-electron chi connectivity index (χ2n) is 9.33. The topological polar surface area (TPSA) is 62.3 Å². The summed E-state index contributed by atoms with van der Waals surface area (Å²) in [5.74, 6) is -0.123. The Labute approximate surface area is 208 Å². The predicted octanol–water partition coefficient (Wildman–Crippen LogP) is 4.41. The zero-order valence-electron chi connectivity index (χ0n) is 20.9. The van der Waals surface area contributed by atoms with Crippen LogP contribution in [-0.4, -0.2) is 68.2 Å². The summed E-state index contributed by atoms with van der Waals surface area (Å²) < 4.78 is 10.7. The lowest BCUT2D eigenvalue weighted by molar-refractivity contribution is -0.143. The lowest BCUT2D eigenvalue weighted by Crippen LogP contribution is -2.47. The van der Waals surface area contributed by atoms with Gasteiger partial charge in [-0.1, -0.05) is 36.4 Å². The van der Waals surface area contributed by atoms with Crippen molar-refractivity contribution in [2.45, 2.75) is 45.3 Å². The maximum atomic E-state index is 12.9. The molecular formula is C28H37N3O4. The number of anilines is 1. The summed E-state index contributed by atoms with van der Waals surface area (Å²) in [6, 6.07) is 16.5. The molecule has 7 heteroatoms. The maximum Gasteiger partial charge on any atom is 0.410 e. The van der Waals surface area contributed by atoms with Gasteiger partial charge in [0.05, 0.1) is 19.1 Å². The van der Waals surface area contributed by atoms with Crippen LogP contribution < -0.4 is 4.90 Å². The summed E-state index contributed by atoms with van der Waals surface area (Å²) >= 11 is 0. The molecule has 0 spiro atoms. The van der Waals surface area contributed by atoms with E-state index >= 15 is 0 Å². The van der Waals surface area contributed by atoms with Gasteiger partial charge < -0.3 is 19.3 Å². The Morgan fingerprint density at radius 1 is 1.03 bits per heavy atom. The lowest BCUT2D eigenvalue weighted by atomic mass is 9.86. The normalized spacial score (nSPS) is 18.0. The van der Waals surface area contributed by atoms with E-state index in [2.05, 4.69) is 28.0 Å². The van der Waals surface area contributed by atoms with Crippen LogP contribution in [0.5, 0.6) is 0 Å². The van der Waals surface area contributed by atoms with E-state index in [4.69, 9.17) is 9.47 Å². The van der Waals surface area contributed by atoms with Gasteiger partial charge in [-0.15, -0.1) is 0 Å². The molecule has 1 fully saturated rings. The average molecular weight is 480 g/mol. The molecule has 7 nitrogen and oxygen atoms in total. The molecule has 0 bridgehead atoms. The summed E-state index contributed by atoms with van der Waals surface area (Å²) in [6.07, 6.45) is 3.20. The third-order valence-electron chi connectivity index (χ3n) is 7.05. The van der Waals surface area contributed by atoms with Crippen molar-refractivity contribution in [2.24, 2.45) is 0 Å². The van der Waals surface area contributed by atoms with E-state index in [9.17, 15) is 9.59 Å². The number of aryl methyl sites for hydroxylation is 1. The van der Waals surface area contributed by atoms with Gasteiger partial charge in [0.25, 0.3) is 0 Å². The quantitative estimate of drug-likeness (QED) is 0.523. The standard InChI is InChI=1S/C28H37N3O4/c1-3-34-27(32)14-15-30-16-18-31(19-17-30)24-13-12-23-10-7-11-26(25(23)20-24)29(2)28(33)35-21-22-8-5-4-6-9-22/h4-6,8-9,12-13,20,26H,3,7,10-11,14-19,21H2,1-2H3. The van der Waals surface area contributed by atoms with Gasteiger partial charge in [-0.05, 0) is 55.0 Å². The minimum absolute atomic E-state index is 0.0211. The highest BCUT2D eigenvalue weighted by molar-refractivity contribution is 5.69. The minimum Gasteiger partial charge on any atom is -0.466 e. The van der Waals surface area contributed by atoms with Crippen LogP contribution in [0, 0.1) is 0 Å². The van der Waals surface area contributed by atoms with E-state index in [0.717, 1.165) is 57.5 Å². The highest BCUT2D eigenvalue weighted by Gasteiger charge is 2.29. The predicted molar refractivity (Wildman–Crippen MR) is 136 cm³/mol. The largest absolute Gasteiger partial charge is 0.466 e. The minimum atomic E-state index is -0.285. The number of carbonyl (C=O) groups excluding carboxylic acids is 2. The zero-order valence-corrected chi connectivity index (χ0v) is 20.9. The molecule has 2 aliphatic rings. The molecule has 1 saturated heterocycles. The number of benzene rings is 2. The molecule has 0 radical (unpaired) electrons. The van der Waals surface area contributed by atoms with Crippen LogP contribution in [0.4, 0.5) is 10.5 Å². The molecule has 2 aromatic rings. The molecule has 0 N–H and O–H groups in total. The van der Waals surface area contributed by atoms with Crippen LogP contribution in [0.15, 0.2) is 48.5 Å². The van der Waals surface area contributed by atoms with Gasteiger partial charge in [0.1, 0.15) is 6.61 Å². The number of piperazine rings is 1. The summed E-state index contributed by atoms with van der Waals surface area (Å²) in [7, 11) is 1.85. The summed E-state index contributed by atoms with van der Waals surface area (Å²) in [6.45, 7) is 6.98. The first kappa shape index (κ1) is 25.0. The van der Waals surface area contributed by atoms with E-state index in [1.54, 1.807) is 4.90 Å². The van der Waals surface area contributed by atoms with Crippen LogP contribution in [-0.2, 0) is 27.3 Å². The Balaban J connectivity index is 1.36. The van der Waals surface area contributed by atoms with E-state index in [1.165, 1.54) is 16.8 Å². The van der Waals surface area contributed by atoms with Gasteiger partial charge in [0, 0.05) is 45.5 Å². The lowest BCUT2D eigenvalue weighted by Gasteiger charge is -2.37. The zero-order chi connectivity index (χ0) is 24.6. The van der Waals surface area contributed by atoms with Gasteiger partial charge in [-0.3, -0.25) is 9.69 Å². The van der Waals surface area contributed by atoms with Gasteiger partial charge in [0.2, 0.25) is 0 Å². The first-order valence-corrected chi connectivity index (χ1v) is 12.7. The molecule has 2 aromatic carbocycles. The molecule has 1 aliphatic carbocycles. The third kappa shape index (κ3) is 6.54. The highest BCUT2D eigenvalue weighted by atomic mass is 16.6. The fourth-order valence-corrected chi connectivity index (χ4v) is 5.02. The fraction of sp³-hybridized carbons (Fsp3) is 0.500. The van der Waals surface area contributed by atoms with Gasteiger partial charge >= 0.3 is 12.1 Å². The molecule has 1 aliphatic heterocycles. The molecule has 1 unspecified atom stereocenters. The van der Waals surface area contributed by atoms with Gasteiger partial charge in [-0.25, -0.2) is 4.79 Å². The number of esters is 1. The van der Waals surface area contributed by atoms with Crippen LogP contribution >= 0.6 is 0 Å².